The third-order valence-electron chi connectivity index (χ3n) is 0.932. The van der Waals surface area contributed by atoms with Gasteiger partial charge in [-0.05, 0) is 13.8 Å². The zero-order valence-corrected chi connectivity index (χ0v) is 9.83. The van der Waals surface area contributed by atoms with E-state index in [-0.39, 0.29) is 51.4 Å². The third-order valence-corrected chi connectivity index (χ3v) is 0.932. The fraction of sp³-hybridized carbons (Fsp3) is 0.600. The Hall–Kier alpha value is 0.376. The third kappa shape index (κ3) is 5.63. The van der Waals surface area contributed by atoms with Crippen LogP contribution in [0.1, 0.15) is 13.8 Å². The van der Waals surface area contributed by atoms with Crippen LogP contribution in [0.2, 0.25) is 0 Å². The first kappa shape index (κ1) is 13.9. The summed E-state index contributed by atoms with van der Waals surface area (Å²) in [5.41, 5.74) is 3.26. The minimum atomic E-state index is -1.76. The molecule has 5 nitrogen and oxygen atoms in total. The van der Waals surface area contributed by atoms with E-state index in [0.29, 0.717) is 0 Å². The molecule has 0 saturated heterocycles. The number of primary amides is 1. The van der Waals surface area contributed by atoms with Crippen molar-refractivity contribution in [3.8, 4) is 0 Å². The number of nitrogens with two attached hydrogens (primary N) is 1. The molecule has 0 heterocycles. The van der Waals surface area contributed by atoms with Crippen molar-refractivity contribution in [1.82, 2.24) is 0 Å². The number of carboxylic acid groups (broad SMARTS) is 1. The molecule has 0 rings (SSSR count). The predicted octanol–water partition coefficient (Wildman–Crippen LogP) is -4.39. The quantitative estimate of drug-likeness (QED) is 0.347. The fourth-order valence-electron chi connectivity index (χ4n) is 0.259. The average molecular weight is 185 g/mol. The standard InChI is InChI=1S/C5H9NO4.K/c1-5(2,3(6)7)10-4(8)9;/h1-2H3,(H2,6,7)(H,8,9);/q;+1/p-1. The zero-order chi connectivity index (χ0) is 8.36. The summed E-state index contributed by atoms with van der Waals surface area (Å²) in [5.74, 6) is -0.850. The molecule has 11 heavy (non-hydrogen) atoms. The van der Waals surface area contributed by atoms with Crippen LogP contribution >= 0.6 is 0 Å². The Morgan fingerprint density at radius 1 is 1.45 bits per heavy atom. The van der Waals surface area contributed by atoms with Crippen molar-refractivity contribution in [2.45, 2.75) is 19.4 Å². The average Bonchev–Trinajstić information content (AvgIpc) is 1.60. The van der Waals surface area contributed by atoms with Crippen LogP contribution in [0.15, 0.2) is 0 Å². The van der Waals surface area contributed by atoms with Crippen LogP contribution in [-0.4, -0.2) is 17.7 Å². The first-order valence-corrected chi connectivity index (χ1v) is 2.56. The van der Waals surface area contributed by atoms with Gasteiger partial charge in [-0.2, -0.15) is 0 Å². The van der Waals surface area contributed by atoms with E-state index in [9.17, 15) is 14.7 Å². The van der Waals surface area contributed by atoms with Crippen molar-refractivity contribution in [1.29, 1.82) is 0 Å². The largest absolute Gasteiger partial charge is 1.00 e. The topological polar surface area (TPSA) is 92.4 Å². The van der Waals surface area contributed by atoms with Gasteiger partial charge in [0.05, 0.1) is 0 Å². The summed E-state index contributed by atoms with van der Waals surface area (Å²) in [7, 11) is 0. The molecule has 6 heteroatoms. The monoisotopic (exact) mass is 185 g/mol. The van der Waals surface area contributed by atoms with Gasteiger partial charge in [-0.15, -0.1) is 0 Å². The molecule has 0 spiro atoms. The number of ether oxygens (including phenoxy) is 1. The Morgan fingerprint density at radius 2 is 1.82 bits per heavy atom. The van der Waals surface area contributed by atoms with Crippen molar-refractivity contribution in [3.05, 3.63) is 0 Å². The van der Waals surface area contributed by atoms with Gasteiger partial charge in [0.1, 0.15) is 5.60 Å². The fourth-order valence-corrected chi connectivity index (χ4v) is 0.259. The van der Waals surface area contributed by atoms with E-state index in [1.165, 1.54) is 13.8 Å². The molecule has 58 valence electrons. The Balaban J connectivity index is 0. The minimum absolute atomic E-state index is 0. The molecule has 0 aromatic carbocycles. The second-order valence-corrected chi connectivity index (χ2v) is 2.23. The number of hydrogen-bond donors (Lipinski definition) is 1. The van der Waals surface area contributed by atoms with Crippen molar-refractivity contribution in [3.63, 3.8) is 0 Å². The molecular formula is C5H8KNO4. The molecule has 0 bridgehead atoms. The van der Waals surface area contributed by atoms with Crippen molar-refractivity contribution < 1.29 is 70.8 Å². The SMILES string of the molecule is CC(C)(OC(=O)[O-])C(N)=O.[K+]. The van der Waals surface area contributed by atoms with Crippen LogP contribution in [-0.2, 0) is 9.53 Å². The number of rotatable bonds is 2. The van der Waals surface area contributed by atoms with E-state index in [4.69, 9.17) is 5.73 Å². The Morgan fingerprint density at radius 3 is 1.91 bits per heavy atom. The molecule has 1 amide bonds. The molecule has 0 unspecified atom stereocenters. The van der Waals surface area contributed by atoms with Gasteiger partial charge >= 0.3 is 51.4 Å². The molecule has 0 radical (unpaired) electrons. The summed E-state index contributed by atoms with van der Waals surface area (Å²) in [6.07, 6.45) is -1.76. The maximum absolute atomic E-state index is 10.4. The van der Waals surface area contributed by atoms with Gasteiger partial charge in [0.25, 0.3) is 6.16 Å². The van der Waals surface area contributed by atoms with E-state index >= 15 is 0 Å². The molecule has 0 aromatic rings. The first-order valence-electron chi connectivity index (χ1n) is 2.56. The summed E-state index contributed by atoms with van der Waals surface area (Å²) in [6.45, 7) is 2.48. The van der Waals surface area contributed by atoms with Crippen LogP contribution in [0.4, 0.5) is 4.79 Å². The maximum Gasteiger partial charge on any atom is 1.00 e. The molecule has 0 aliphatic carbocycles. The molecule has 2 N–H and O–H groups in total. The van der Waals surface area contributed by atoms with E-state index < -0.39 is 17.7 Å². The van der Waals surface area contributed by atoms with Crippen LogP contribution in [0, 0.1) is 0 Å². The van der Waals surface area contributed by atoms with Gasteiger partial charge < -0.3 is 20.4 Å². The number of carbonyl (C=O) groups is 2. The number of hydrogen-bond acceptors (Lipinski definition) is 4. The molecular weight excluding hydrogens is 177 g/mol. The number of carbonyl (C=O) groups excluding carboxylic acids is 2. The molecule has 0 fully saturated rings. The van der Waals surface area contributed by atoms with E-state index in [0.717, 1.165) is 0 Å². The molecule has 0 aliphatic rings. The number of amides is 1. The van der Waals surface area contributed by atoms with E-state index in [1.54, 1.807) is 0 Å². The first-order chi connectivity index (χ1) is 4.36. The van der Waals surface area contributed by atoms with Crippen LogP contribution in [0.3, 0.4) is 0 Å². The maximum atomic E-state index is 10.4. The van der Waals surface area contributed by atoms with Crippen LogP contribution < -0.4 is 62.2 Å². The van der Waals surface area contributed by atoms with Crippen LogP contribution in [0.25, 0.3) is 0 Å². The van der Waals surface area contributed by atoms with E-state index in [1.807, 2.05) is 0 Å². The van der Waals surface area contributed by atoms with Gasteiger partial charge in [0.2, 0.25) is 5.91 Å². The second-order valence-electron chi connectivity index (χ2n) is 2.23. The summed E-state index contributed by atoms with van der Waals surface area (Å²) in [5, 5.41) is 9.78. The smallest absolute Gasteiger partial charge is 0.534 e. The predicted molar refractivity (Wildman–Crippen MR) is 29.8 cm³/mol. The zero-order valence-electron chi connectivity index (χ0n) is 6.71. The van der Waals surface area contributed by atoms with Gasteiger partial charge in [0, 0.05) is 0 Å². The van der Waals surface area contributed by atoms with Gasteiger partial charge in [0.15, 0.2) is 0 Å². The molecule has 0 aromatic heterocycles. The molecule has 0 atom stereocenters. The van der Waals surface area contributed by atoms with Gasteiger partial charge in [-0.3, -0.25) is 4.79 Å². The normalized spacial score (nSPS) is 9.64. The summed E-state index contributed by atoms with van der Waals surface area (Å²) in [4.78, 5) is 20.1. The second kappa shape index (κ2) is 5.10. The molecule has 0 aliphatic heterocycles. The summed E-state index contributed by atoms with van der Waals surface area (Å²) < 4.78 is 4.03. The van der Waals surface area contributed by atoms with Crippen molar-refractivity contribution in [2.75, 3.05) is 0 Å². The van der Waals surface area contributed by atoms with Gasteiger partial charge in [-0.25, -0.2) is 0 Å². The van der Waals surface area contributed by atoms with Gasteiger partial charge in [-0.1, -0.05) is 0 Å². The Bertz CT molecular complexity index is 168. The summed E-state index contributed by atoms with van der Waals surface area (Å²) >= 11 is 0. The Kier molecular flexibility index (Phi) is 6.46. The Labute approximate surface area is 107 Å². The molecule has 0 saturated carbocycles. The summed E-state index contributed by atoms with van der Waals surface area (Å²) in [6, 6.07) is 0. The van der Waals surface area contributed by atoms with Crippen molar-refractivity contribution in [2.24, 2.45) is 5.73 Å². The minimum Gasteiger partial charge on any atom is -0.534 e. The van der Waals surface area contributed by atoms with Crippen molar-refractivity contribution >= 4 is 12.1 Å². The van der Waals surface area contributed by atoms with E-state index in [2.05, 4.69) is 4.74 Å². The van der Waals surface area contributed by atoms with Crippen LogP contribution in [0.5, 0.6) is 0 Å².